The molecular formula is C18H26N4OS. The first-order chi connectivity index (χ1) is 11.6. The number of benzene rings is 1. The van der Waals surface area contributed by atoms with Gasteiger partial charge < -0.3 is 15.0 Å². The van der Waals surface area contributed by atoms with Gasteiger partial charge in [0.15, 0.2) is 5.96 Å². The summed E-state index contributed by atoms with van der Waals surface area (Å²) in [6, 6.07) is 8.08. The molecule has 0 aliphatic carbocycles. The van der Waals surface area contributed by atoms with Crippen molar-refractivity contribution in [1.29, 1.82) is 0 Å². The van der Waals surface area contributed by atoms with Gasteiger partial charge in [-0.25, -0.2) is 4.98 Å². The van der Waals surface area contributed by atoms with Crippen molar-refractivity contribution in [2.45, 2.75) is 26.8 Å². The van der Waals surface area contributed by atoms with Crippen LogP contribution in [0.3, 0.4) is 0 Å². The summed E-state index contributed by atoms with van der Waals surface area (Å²) < 4.78 is 5.81. The summed E-state index contributed by atoms with van der Waals surface area (Å²) >= 11 is 1.67. The molecule has 1 aromatic heterocycles. The molecule has 2 aromatic rings. The minimum Gasteiger partial charge on any atom is -0.493 e. The third-order valence-electron chi connectivity index (χ3n) is 3.59. The van der Waals surface area contributed by atoms with Crippen LogP contribution in [0.2, 0.25) is 0 Å². The number of aliphatic imine (C=N–C) groups is 1. The summed E-state index contributed by atoms with van der Waals surface area (Å²) in [5, 5.41) is 6.55. The maximum Gasteiger partial charge on any atom is 0.193 e. The lowest BCUT2D eigenvalue weighted by atomic mass is 10.2. The fourth-order valence-corrected chi connectivity index (χ4v) is 2.96. The molecule has 0 saturated heterocycles. The maximum atomic E-state index is 5.81. The third kappa shape index (κ3) is 5.53. The van der Waals surface area contributed by atoms with Crippen LogP contribution in [0.5, 0.6) is 5.75 Å². The van der Waals surface area contributed by atoms with E-state index in [0.29, 0.717) is 6.61 Å². The van der Waals surface area contributed by atoms with Crippen LogP contribution < -0.4 is 10.1 Å². The summed E-state index contributed by atoms with van der Waals surface area (Å²) in [6.45, 7) is 6.34. The van der Waals surface area contributed by atoms with Crippen molar-refractivity contribution in [3.63, 3.8) is 0 Å². The molecule has 6 heteroatoms. The van der Waals surface area contributed by atoms with Crippen LogP contribution >= 0.6 is 11.3 Å². The van der Waals surface area contributed by atoms with E-state index in [1.807, 2.05) is 32.2 Å². The van der Waals surface area contributed by atoms with E-state index in [9.17, 15) is 0 Å². The second-order valence-corrected chi connectivity index (χ2v) is 6.72. The van der Waals surface area contributed by atoms with Gasteiger partial charge in [0.25, 0.3) is 0 Å². The number of rotatable bonds is 7. The van der Waals surface area contributed by atoms with E-state index in [4.69, 9.17) is 4.74 Å². The number of para-hydroxylation sites is 1. The van der Waals surface area contributed by atoms with E-state index >= 15 is 0 Å². The van der Waals surface area contributed by atoms with E-state index in [2.05, 4.69) is 38.6 Å². The lowest BCUT2D eigenvalue weighted by Gasteiger charge is -2.21. The van der Waals surface area contributed by atoms with E-state index in [1.54, 1.807) is 18.4 Å². The van der Waals surface area contributed by atoms with E-state index in [-0.39, 0.29) is 0 Å². The molecule has 0 aliphatic heterocycles. The van der Waals surface area contributed by atoms with Crippen LogP contribution in [0.1, 0.15) is 22.7 Å². The van der Waals surface area contributed by atoms with Crippen molar-refractivity contribution in [2.24, 2.45) is 4.99 Å². The molecule has 0 fully saturated rings. The van der Waals surface area contributed by atoms with Crippen LogP contribution in [-0.4, -0.2) is 43.1 Å². The zero-order valence-corrected chi connectivity index (χ0v) is 15.7. The summed E-state index contributed by atoms with van der Waals surface area (Å²) in [7, 11) is 3.82. The van der Waals surface area contributed by atoms with Crippen molar-refractivity contribution in [3.05, 3.63) is 45.9 Å². The van der Waals surface area contributed by atoms with E-state index < -0.39 is 0 Å². The van der Waals surface area contributed by atoms with Gasteiger partial charge in [0, 0.05) is 26.0 Å². The van der Waals surface area contributed by atoms with Gasteiger partial charge in [-0.3, -0.25) is 4.99 Å². The Kier molecular flexibility index (Phi) is 7.06. The molecule has 0 amide bonds. The highest BCUT2D eigenvalue weighted by Crippen LogP contribution is 2.16. The minimum absolute atomic E-state index is 0.684. The van der Waals surface area contributed by atoms with Gasteiger partial charge in [0.2, 0.25) is 0 Å². The Balaban J connectivity index is 1.70. The normalized spacial score (nSPS) is 11.4. The second kappa shape index (κ2) is 9.27. The smallest absolute Gasteiger partial charge is 0.193 e. The second-order valence-electron chi connectivity index (χ2n) is 5.66. The number of hydrogen-bond acceptors (Lipinski definition) is 4. The van der Waals surface area contributed by atoms with Gasteiger partial charge in [-0.05, 0) is 31.9 Å². The molecule has 0 radical (unpaired) electrons. The Morgan fingerprint density at radius 1 is 1.33 bits per heavy atom. The summed E-state index contributed by atoms with van der Waals surface area (Å²) in [6.07, 6.45) is 0.914. The molecule has 0 saturated carbocycles. The van der Waals surface area contributed by atoms with Gasteiger partial charge >= 0.3 is 0 Å². The Labute approximate surface area is 148 Å². The molecule has 0 bridgehead atoms. The van der Waals surface area contributed by atoms with Crippen LogP contribution in [-0.2, 0) is 6.54 Å². The summed E-state index contributed by atoms with van der Waals surface area (Å²) in [5.41, 5.74) is 2.24. The number of thiazole rings is 1. The first kappa shape index (κ1) is 18.3. The number of aryl methyl sites for hydroxylation is 2. The van der Waals surface area contributed by atoms with E-state index in [0.717, 1.165) is 41.9 Å². The van der Waals surface area contributed by atoms with Gasteiger partial charge in [0.05, 0.1) is 23.9 Å². The van der Waals surface area contributed by atoms with Gasteiger partial charge in [-0.2, -0.15) is 0 Å². The van der Waals surface area contributed by atoms with Gasteiger partial charge in [0.1, 0.15) is 5.75 Å². The molecule has 1 aromatic carbocycles. The minimum atomic E-state index is 0.684. The number of ether oxygens (including phenoxy) is 1. The Bertz CT molecular complexity index is 669. The highest BCUT2D eigenvalue weighted by atomic mass is 32.1. The lowest BCUT2D eigenvalue weighted by molar-refractivity contribution is 0.308. The molecule has 0 unspecified atom stereocenters. The fourth-order valence-electron chi connectivity index (χ4n) is 2.36. The molecule has 130 valence electrons. The first-order valence-corrected chi connectivity index (χ1v) is 8.99. The monoisotopic (exact) mass is 346 g/mol. The molecule has 0 aliphatic rings. The van der Waals surface area contributed by atoms with Crippen LogP contribution in [0.15, 0.2) is 34.6 Å². The molecule has 0 spiro atoms. The average molecular weight is 347 g/mol. The maximum absolute atomic E-state index is 5.81. The number of hydrogen-bond donors (Lipinski definition) is 1. The highest BCUT2D eigenvalue weighted by Gasteiger charge is 2.08. The Hall–Kier alpha value is -2.08. The summed E-state index contributed by atoms with van der Waals surface area (Å²) in [5.74, 6) is 1.83. The van der Waals surface area contributed by atoms with Gasteiger partial charge in [-0.1, -0.05) is 18.2 Å². The van der Waals surface area contributed by atoms with Crippen LogP contribution in [0, 0.1) is 13.8 Å². The zero-order chi connectivity index (χ0) is 17.4. The topological polar surface area (TPSA) is 49.8 Å². The zero-order valence-electron chi connectivity index (χ0n) is 14.9. The molecule has 0 atom stereocenters. The van der Waals surface area contributed by atoms with Crippen molar-refractivity contribution in [3.8, 4) is 5.75 Å². The van der Waals surface area contributed by atoms with Crippen LogP contribution in [0.4, 0.5) is 0 Å². The first-order valence-electron chi connectivity index (χ1n) is 8.11. The van der Waals surface area contributed by atoms with E-state index in [1.165, 1.54) is 5.56 Å². The largest absolute Gasteiger partial charge is 0.493 e. The summed E-state index contributed by atoms with van der Waals surface area (Å²) in [4.78, 5) is 10.9. The van der Waals surface area contributed by atoms with Crippen LogP contribution in [0.25, 0.3) is 0 Å². The molecular weight excluding hydrogens is 320 g/mol. The molecule has 5 nitrogen and oxygen atoms in total. The number of nitrogens with zero attached hydrogens (tertiary/aromatic N) is 3. The third-order valence-corrected chi connectivity index (χ3v) is 4.42. The van der Waals surface area contributed by atoms with Crippen molar-refractivity contribution >= 4 is 17.3 Å². The Morgan fingerprint density at radius 2 is 2.12 bits per heavy atom. The molecule has 24 heavy (non-hydrogen) atoms. The van der Waals surface area contributed by atoms with Crippen molar-refractivity contribution in [2.75, 3.05) is 27.2 Å². The highest BCUT2D eigenvalue weighted by molar-refractivity contribution is 7.09. The standard InChI is InChI=1S/C18H26N4OS/c1-14-8-5-6-9-17(14)23-11-7-10-20-18(19-3)22(4)12-16-13-24-15(2)21-16/h5-6,8-9,13H,7,10-12H2,1-4H3,(H,19,20). The van der Waals surface area contributed by atoms with Crippen molar-refractivity contribution < 1.29 is 4.74 Å². The van der Waals surface area contributed by atoms with Crippen molar-refractivity contribution in [1.82, 2.24) is 15.2 Å². The lowest BCUT2D eigenvalue weighted by Crippen LogP contribution is -2.39. The molecule has 1 N–H and O–H groups in total. The predicted molar refractivity (Wildman–Crippen MR) is 101 cm³/mol. The van der Waals surface area contributed by atoms with Gasteiger partial charge in [-0.15, -0.1) is 11.3 Å². The average Bonchev–Trinajstić information content (AvgIpc) is 2.97. The predicted octanol–water partition coefficient (Wildman–Crippen LogP) is 3.24. The number of guanidine groups is 1. The quantitative estimate of drug-likeness (QED) is 0.475. The number of aromatic nitrogens is 1. The Morgan fingerprint density at radius 3 is 2.79 bits per heavy atom. The fraction of sp³-hybridized carbons (Fsp3) is 0.444. The molecule has 1 heterocycles. The SMILES string of the molecule is CN=C(NCCCOc1ccccc1C)N(C)Cc1csc(C)n1. The molecule has 2 rings (SSSR count). The number of nitrogens with one attached hydrogen (secondary N) is 1.